The molecule has 0 aliphatic carbocycles. The van der Waals surface area contributed by atoms with E-state index in [1.165, 1.54) is 5.56 Å². The number of benzene rings is 3. The molecule has 1 amide bonds. The highest BCUT2D eigenvalue weighted by Crippen LogP contribution is 2.39. The smallest absolute Gasteiger partial charge is 0.207 e. The van der Waals surface area contributed by atoms with Gasteiger partial charge in [0, 0.05) is 30.9 Å². The van der Waals surface area contributed by atoms with Crippen molar-refractivity contribution in [2.45, 2.75) is 83.4 Å². The fourth-order valence-electron chi connectivity index (χ4n) is 6.63. The highest BCUT2D eigenvalue weighted by atomic mass is 16.5. The van der Waals surface area contributed by atoms with Gasteiger partial charge in [-0.1, -0.05) is 36.4 Å². The van der Waals surface area contributed by atoms with E-state index in [1.807, 2.05) is 23.2 Å². The Morgan fingerprint density at radius 3 is 2.25 bits per heavy atom. The van der Waals surface area contributed by atoms with Gasteiger partial charge in [0.15, 0.2) is 28.9 Å². The zero-order valence-electron chi connectivity index (χ0n) is 31.0. The maximum absolute atomic E-state index is 11.4. The standard InChI is InChI=1S/C42H54N4O6/c1-6-43-35-14-10-12-33-22-39(48-4)41(24-37(33)44-26-35)50-20-8-7-9-21-51-42-25-38-34(23-40(42)49-5)13-11-15-36(45-29-47)27-46(38)31(3)52-28-32-18-16-30(2)17-19-32/h6,16-19,22-26,29,35-36,43H,1,3,7-15,20-21,27-28H2,2,4-5H3,(H,45,47). The van der Waals surface area contributed by atoms with E-state index in [1.54, 1.807) is 20.4 Å². The van der Waals surface area contributed by atoms with Gasteiger partial charge in [-0.3, -0.25) is 9.79 Å². The molecule has 0 radical (unpaired) electrons. The van der Waals surface area contributed by atoms with E-state index in [2.05, 4.69) is 67.1 Å². The van der Waals surface area contributed by atoms with Crippen molar-refractivity contribution in [3.8, 4) is 23.0 Å². The predicted octanol–water partition coefficient (Wildman–Crippen LogP) is 7.73. The molecule has 5 rings (SSSR count). The molecule has 0 saturated carbocycles. The Kier molecular flexibility index (Phi) is 14.3. The summed E-state index contributed by atoms with van der Waals surface area (Å²) in [6.45, 7) is 12.1. The molecule has 0 saturated heterocycles. The quantitative estimate of drug-likeness (QED) is 0.0786. The summed E-state index contributed by atoms with van der Waals surface area (Å²) < 4.78 is 30.2. The number of nitrogens with zero attached hydrogens (tertiary/aromatic N) is 2. The van der Waals surface area contributed by atoms with Crippen molar-refractivity contribution in [1.82, 2.24) is 10.6 Å². The number of carbonyl (C=O) groups is 1. The maximum Gasteiger partial charge on any atom is 0.207 e. The summed E-state index contributed by atoms with van der Waals surface area (Å²) >= 11 is 0. The van der Waals surface area contributed by atoms with Gasteiger partial charge in [-0.05, 0) is 106 Å². The van der Waals surface area contributed by atoms with Gasteiger partial charge in [0.1, 0.15) is 6.61 Å². The van der Waals surface area contributed by atoms with Gasteiger partial charge in [0.2, 0.25) is 6.41 Å². The minimum absolute atomic E-state index is 0.0471. The SMILES string of the molecule is C=CNC1C=Nc2cc(OCCCCCOc3cc4c(cc3OC)CCCC(NC=O)CN4C(=C)OCc3ccc(C)cc3)c(OC)cc2CCC1. The lowest BCUT2D eigenvalue weighted by Crippen LogP contribution is -2.42. The van der Waals surface area contributed by atoms with Crippen molar-refractivity contribution in [2.75, 3.05) is 38.9 Å². The number of unbranched alkanes of at least 4 members (excludes halogenated alkanes) is 2. The van der Waals surface area contributed by atoms with Crippen LogP contribution in [0.25, 0.3) is 0 Å². The molecule has 3 aromatic rings. The van der Waals surface area contributed by atoms with Gasteiger partial charge in [-0.2, -0.15) is 0 Å². The Bertz CT molecular complexity index is 1670. The largest absolute Gasteiger partial charge is 0.493 e. The predicted molar refractivity (Wildman–Crippen MR) is 207 cm³/mol. The molecule has 10 nitrogen and oxygen atoms in total. The molecule has 2 heterocycles. The Labute approximate surface area is 308 Å². The van der Waals surface area contributed by atoms with Crippen LogP contribution in [0.15, 0.2) is 78.8 Å². The fraction of sp³-hybridized carbons (Fsp3) is 0.429. The van der Waals surface area contributed by atoms with E-state index in [0.29, 0.717) is 49.5 Å². The number of anilines is 1. The summed E-state index contributed by atoms with van der Waals surface area (Å²) in [6, 6.07) is 16.5. The number of fused-ring (bicyclic) bond motifs is 2. The molecule has 2 atom stereocenters. The fourth-order valence-corrected chi connectivity index (χ4v) is 6.63. The van der Waals surface area contributed by atoms with Crippen LogP contribution >= 0.6 is 0 Å². The lowest BCUT2D eigenvalue weighted by Gasteiger charge is -2.34. The Morgan fingerprint density at radius 1 is 0.885 bits per heavy atom. The second kappa shape index (κ2) is 19.5. The number of nitrogens with one attached hydrogen (secondary N) is 2. The first-order valence-electron chi connectivity index (χ1n) is 18.4. The molecule has 0 bridgehead atoms. The number of hydrogen-bond acceptors (Lipinski definition) is 9. The third kappa shape index (κ3) is 10.5. The van der Waals surface area contributed by atoms with E-state index in [-0.39, 0.29) is 12.1 Å². The second-order valence-electron chi connectivity index (χ2n) is 13.3. The van der Waals surface area contributed by atoms with Crippen LogP contribution in [0.5, 0.6) is 23.0 Å². The Morgan fingerprint density at radius 2 is 1.56 bits per heavy atom. The third-order valence-corrected chi connectivity index (χ3v) is 9.54. The number of ether oxygens (including phenoxy) is 5. The zero-order valence-corrected chi connectivity index (χ0v) is 31.0. The van der Waals surface area contributed by atoms with Gasteiger partial charge in [-0.15, -0.1) is 0 Å². The summed E-state index contributed by atoms with van der Waals surface area (Å²) in [4.78, 5) is 18.2. The first-order valence-corrected chi connectivity index (χ1v) is 18.4. The molecular weight excluding hydrogens is 656 g/mol. The van der Waals surface area contributed by atoms with E-state index >= 15 is 0 Å². The van der Waals surface area contributed by atoms with Crippen LogP contribution in [0.1, 0.15) is 67.2 Å². The average Bonchev–Trinajstić information content (AvgIpc) is 3.13. The minimum Gasteiger partial charge on any atom is -0.493 e. The van der Waals surface area contributed by atoms with Crippen molar-refractivity contribution >= 4 is 24.0 Å². The zero-order chi connectivity index (χ0) is 36.7. The Hall–Kier alpha value is -5.12. The first-order chi connectivity index (χ1) is 25.4. The van der Waals surface area contributed by atoms with Crippen LogP contribution in [0.4, 0.5) is 11.4 Å². The molecule has 2 unspecified atom stereocenters. The van der Waals surface area contributed by atoms with E-state index in [9.17, 15) is 4.79 Å². The number of aryl methyl sites for hydroxylation is 3. The second-order valence-corrected chi connectivity index (χ2v) is 13.3. The van der Waals surface area contributed by atoms with Gasteiger partial charge in [-0.25, -0.2) is 0 Å². The lowest BCUT2D eigenvalue weighted by atomic mass is 9.98. The van der Waals surface area contributed by atoms with Crippen LogP contribution in [0.3, 0.4) is 0 Å². The molecule has 0 spiro atoms. The summed E-state index contributed by atoms with van der Waals surface area (Å²) in [5.74, 6) is 3.30. The van der Waals surface area contributed by atoms with E-state index < -0.39 is 0 Å². The molecular formula is C42H54N4O6. The summed E-state index contributed by atoms with van der Waals surface area (Å²) in [5, 5.41) is 6.24. The van der Waals surface area contributed by atoms with Crippen LogP contribution in [0.2, 0.25) is 0 Å². The number of methoxy groups -OCH3 is 2. The van der Waals surface area contributed by atoms with Crippen LogP contribution in [-0.4, -0.2) is 58.7 Å². The molecule has 2 N–H and O–H groups in total. The van der Waals surface area contributed by atoms with Crippen LogP contribution in [-0.2, 0) is 29.0 Å². The van der Waals surface area contributed by atoms with Crippen molar-refractivity contribution in [3.63, 3.8) is 0 Å². The number of rotatable bonds is 18. The number of aliphatic imine (C=N–C) groups is 1. The summed E-state index contributed by atoms with van der Waals surface area (Å²) in [7, 11) is 3.34. The van der Waals surface area contributed by atoms with Gasteiger partial charge in [0.05, 0.1) is 44.8 Å². The molecule has 2 aliphatic rings. The molecule has 0 fully saturated rings. The van der Waals surface area contributed by atoms with Crippen molar-refractivity contribution in [1.29, 1.82) is 0 Å². The average molecular weight is 711 g/mol. The van der Waals surface area contributed by atoms with Gasteiger partial charge >= 0.3 is 0 Å². The summed E-state index contributed by atoms with van der Waals surface area (Å²) in [5.41, 5.74) is 6.40. The van der Waals surface area contributed by atoms with Gasteiger partial charge in [0.25, 0.3) is 0 Å². The molecule has 2 aliphatic heterocycles. The maximum atomic E-state index is 11.4. The lowest BCUT2D eigenvalue weighted by molar-refractivity contribution is -0.110. The normalized spacial score (nSPS) is 16.8. The highest BCUT2D eigenvalue weighted by molar-refractivity contribution is 5.72. The monoisotopic (exact) mass is 710 g/mol. The Balaban J connectivity index is 1.19. The van der Waals surface area contributed by atoms with Gasteiger partial charge < -0.3 is 39.2 Å². The van der Waals surface area contributed by atoms with Crippen molar-refractivity contribution in [3.05, 3.63) is 96.0 Å². The molecule has 3 aromatic carbocycles. The molecule has 10 heteroatoms. The number of carbonyl (C=O) groups excluding carboxylic acids is 1. The molecule has 52 heavy (non-hydrogen) atoms. The third-order valence-electron chi connectivity index (χ3n) is 9.54. The summed E-state index contributed by atoms with van der Waals surface area (Å²) in [6.07, 6.45) is 12.6. The number of hydrogen-bond donors (Lipinski definition) is 2. The van der Waals surface area contributed by atoms with Crippen molar-refractivity contribution < 1.29 is 28.5 Å². The van der Waals surface area contributed by atoms with Crippen LogP contribution in [0, 0.1) is 6.92 Å². The van der Waals surface area contributed by atoms with E-state index in [0.717, 1.165) is 98.0 Å². The van der Waals surface area contributed by atoms with E-state index in [4.69, 9.17) is 28.7 Å². The topological polar surface area (TPSA) is 103 Å². The molecule has 0 aromatic heterocycles. The van der Waals surface area contributed by atoms with Crippen molar-refractivity contribution in [2.24, 2.45) is 4.99 Å². The highest BCUT2D eigenvalue weighted by Gasteiger charge is 2.25. The number of amides is 1. The van der Waals surface area contributed by atoms with Crippen LogP contribution < -0.4 is 34.5 Å². The first kappa shape index (κ1) is 38.1. The minimum atomic E-state index is -0.0471. The molecule has 278 valence electrons.